The summed E-state index contributed by atoms with van der Waals surface area (Å²) in [4.78, 5) is 7.98. The zero-order valence-corrected chi connectivity index (χ0v) is 7.41. The molecule has 0 aliphatic carbocycles. The number of aryl methyl sites for hydroxylation is 1. The van der Waals surface area contributed by atoms with Crippen molar-refractivity contribution in [2.45, 2.75) is 13.3 Å². The first-order valence-corrected chi connectivity index (χ1v) is 3.95. The van der Waals surface area contributed by atoms with Crippen LogP contribution in [0, 0.1) is 0 Å². The molecule has 64 valence electrons. The lowest BCUT2D eigenvalue weighted by atomic mass is 10.1. The highest BCUT2D eigenvalue weighted by atomic mass is 14.8. The summed E-state index contributed by atoms with van der Waals surface area (Å²) in [5, 5.41) is 0. The van der Waals surface area contributed by atoms with Crippen LogP contribution in [-0.4, -0.2) is 18.2 Å². The number of hydrogen-bond donors (Lipinski definition) is 1. The van der Waals surface area contributed by atoms with Crippen molar-refractivity contribution in [3.05, 3.63) is 23.5 Å². The molecule has 3 nitrogen and oxygen atoms in total. The van der Waals surface area contributed by atoms with Crippen LogP contribution in [0.15, 0.2) is 17.3 Å². The van der Waals surface area contributed by atoms with Gasteiger partial charge in [0.15, 0.2) is 0 Å². The quantitative estimate of drug-likeness (QED) is 0.667. The van der Waals surface area contributed by atoms with Gasteiger partial charge in [0.05, 0.1) is 5.69 Å². The largest absolute Gasteiger partial charge is 0.397 e. The zero-order valence-electron chi connectivity index (χ0n) is 7.41. The van der Waals surface area contributed by atoms with Crippen LogP contribution in [0.4, 0.5) is 5.69 Å². The van der Waals surface area contributed by atoms with Gasteiger partial charge in [-0.3, -0.25) is 9.98 Å². The Kier molecular flexibility index (Phi) is 2.80. The van der Waals surface area contributed by atoms with E-state index in [0.717, 1.165) is 23.4 Å². The first-order valence-electron chi connectivity index (χ1n) is 3.95. The van der Waals surface area contributed by atoms with E-state index in [1.807, 2.05) is 6.07 Å². The van der Waals surface area contributed by atoms with E-state index in [1.165, 1.54) is 0 Å². The van der Waals surface area contributed by atoms with E-state index in [9.17, 15) is 0 Å². The third kappa shape index (κ3) is 1.61. The summed E-state index contributed by atoms with van der Waals surface area (Å²) in [6.07, 6.45) is 4.36. The normalized spacial score (nSPS) is 10.8. The van der Waals surface area contributed by atoms with E-state index in [2.05, 4.69) is 16.9 Å². The molecule has 1 aromatic heterocycles. The topological polar surface area (TPSA) is 51.3 Å². The number of nitrogens with two attached hydrogens (primary N) is 1. The Hall–Kier alpha value is -1.38. The van der Waals surface area contributed by atoms with E-state index < -0.39 is 0 Å². The van der Waals surface area contributed by atoms with Crippen LogP contribution >= 0.6 is 0 Å². The maximum atomic E-state index is 5.83. The Balaban J connectivity index is 3.13. The van der Waals surface area contributed by atoms with Crippen molar-refractivity contribution in [1.29, 1.82) is 0 Å². The number of aromatic nitrogens is 1. The van der Waals surface area contributed by atoms with Gasteiger partial charge in [-0.25, -0.2) is 0 Å². The van der Waals surface area contributed by atoms with Gasteiger partial charge in [-0.15, -0.1) is 0 Å². The molecule has 0 saturated carbocycles. The minimum atomic E-state index is 0.741. The fraction of sp³-hybridized carbons (Fsp3) is 0.333. The van der Waals surface area contributed by atoms with Gasteiger partial charge in [-0.1, -0.05) is 6.92 Å². The third-order valence-electron chi connectivity index (χ3n) is 1.74. The van der Waals surface area contributed by atoms with Crippen LogP contribution < -0.4 is 5.73 Å². The molecule has 0 radical (unpaired) electrons. The van der Waals surface area contributed by atoms with Gasteiger partial charge in [0, 0.05) is 19.5 Å². The average molecular weight is 163 g/mol. The smallest absolute Gasteiger partial charge is 0.104 e. The van der Waals surface area contributed by atoms with Crippen molar-refractivity contribution >= 4 is 11.9 Å². The lowest BCUT2D eigenvalue weighted by Gasteiger charge is -2.03. The van der Waals surface area contributed by atoms with Gasteiger partial charge in [-0.05, 0) is 18.1 Å². The van der Waals surface area contributed by atoms with Crippen molar-refractivity contribution in [3.8, 4) is 0 Å². The van der Waals surface area contributed by atoms with Crippen LogP contribution in [0.3, 0.4) is 0 Å². The molecule has 1 heterocycles. The summed E-state index contributed by atoms with van der Waals surface area (Å²) in [5.41, 5.74) is 8.45. The van der Waals surface area contributed by atoms with Crippen LogP contribution in [-0.2, 0) is 6.42 Å². The maximum absolute atomic E-state index is 5.83. The second kappa shape index (κ2) is 3.85. The molecule has 12 heavy (non-hydrogen) atoms. The van der Waals surface area contributed by atoms with Gasteiger partial charge in [0.2, 0.25) is 0 Å². The molecule has 3 heteroatoms. The molecule has 0 aliphatic rings. The predicted molar refractivity (Wildman–Crippen MR) is 51.5 cm³/mol. The second-order valence-electron chi connectivity index (χ2n) is 2.51. The Morgan fingerprint density at radius 1 is 1.67 bits per heavy atom. The van der Waals surface area contributed by atoms with E-state index in [0.29, 0.717) is 0 Å². The first-order chi connectivity index (χ1) is 5.79. The van der Waals surface area contributed by atoms with Crippen molar-refractivity contribution in [3.63, 3.8) is 0 Å². The Morgan fingerprint density at radius 2 is 2.42 bits per heavy atom. The molecule has 0 atom stereocenters. The van der Waals surface area contributed by atoms with Gasteiger partial charge in [-0.2, -0.15) is 0 Å². The van der Waals surface area contributed by atoms with Crippen molar-refractivity contribution in [1.82, 2.24) is 4.98 Å². The van der Waals surface area contributed by atoms with E-state index >= 15 is 0 Å². The van der Waals surface area contributed by atoms with Crippen LogP contribution in [0.5, 0.6) is 0 Å². The molecule has 2 N–H and O–H groups in total. The highest BCUT2D eigenvalue weighted by molar-refractivity contribution is 5.85. The van der Waals surface area contributed by atoms with E-state index in [-0.39, 0.29) is 0 Å². The molecule has 1 rings (SSSR count). The predicted octanol–water partition coefficient (Wildman–Crippen LogP) is 1.27. The van der Waals surface area contributed by atoms with Crippen molar-refractivity contribution < 1.29 is 0 Å². The number of nitrogen functional groups attached to an aromatic ring is 1. The van der Waals surface area contributed by atoms with Crippen molar-refractivity contribution in [2.24, 2.45) is 4.99 Å². The fourth-order valence-electron chi connectivity index (χ4n) is 1.06. The average Bonchev–Trinajstić information content (AvgIpc) is 2.09. The molecule has 0 saturated heterocycles. The highest BCUT2D eigenvalue weighted by Gasteiger charge is 2.01. The van der Waals surface area contributed by atoms with Crippen LogP contribution in [0.25, 0.3) is 0 Å². The Labute approximate surface area is 72.3 Å². The number of anilines is 1. The van der Waals surface area contributed by atoms with Crippen LogP contribution in [0.1, 0.15) is 18.2 Å². The van der Waals surface area contributed by atoms with Crippen LogP contribution in [0.2, 0.25) is 0 Å². The molecule has 1 aromatic rings. The fourth-order valence-corrected chi connectivity index (χ4v) is 1.06. The number of pyridine rings is 1. The van der Waals surface area contributed by atoms with Gasteiger partial charge in [0.25, 0.3) is 0 Å². The van der Waals surface area contributed by atoms with E-state index in [4.69, 9.17) is 5.73 Å². The van der Waals surface area contributed by atoms with Gasteiger partial charge in [0.1, 0.15) is 5.69 Å². The number of rotatable bonds is 2. The molecule has 0 spiro atoms. The molecule has 0 fully saturated rings. The molecule has 0 unspecified atom stereocenters. The number of nitrogens with zero attached hydrogens (tertiary/aromatic N) is 2. The lowest BCUT2D eigenvalue weighted by Crippen LogP contribution is -2.00. The molecular weight excluding hydrogens is 150 g/mol. The minimum Gasteiger partial charge on any atom is -0.397 e. The zero-order chi connectivity index (χ0) is 8.97. The summed E-state index contributed by atoms with van der Waals surface area (Å²) in [6.45, 7) is 2.07. The molecular formula is C9H13N3. The van der Waals surface area contributed by atoms with Gasteiger partial charge < -0.3 is 5.73 Å². The monoisotopic (exact) mass is 163 g/mol. The maximum Gasteiger partial charge on any atom is 0.104 e. The molecule has 0 aliphatic heterocycles. The Bertz CT molecular complexity index is 292. The van der Waals surface area contributed by atoms with E-state index in [1.54, 1.807) is 19.5 Å². The standard InChI is InChI=1S/C9H13N3/c1-3-7-4-5-12-8(6-11-2)9(7)10/h4-6H,3,10H2,1-2H3. The summed E-state index contributed by atoms with van der Waals surface area (Å²) >= 11 is 0. The SMILES string of the molecule is CCc1ccnc(C=NC)c1N. The number of aliphatic imine (C=N–C) groups is 1. The summed E-state index contributed by atoms with van der Waals surface area (Å²) < 4.78 is 0. The second-order valence-corrected chi connectivity index (χ2v) is 2.51. The molecule has 0 bridgehead atoms. The molecule has 0 amide bonds. The number of hydrogen-bond acceptors (Lipinski definition) is 3. The van der Waals surface area contributed by atoms with Gasteiger partial charge >= 0.3 is 0 Å². The summed E-state index contributed by atoms with van der Waals surface area (Å²) in [6, 6.07) is 1.93. The third-order valence-corrected chi connectivity index (χ3v) is 1.74. The minimum absolute atomic E-state index is 0.741. The van der Waals surface area contributed by atoms with Crippen molar-refractivity contribution in [2.75, 3.05) is 12.8 Å². The highest BCUT2D eigenvalue weighted by Crippen LogP contribution is 2.13. The summed E-state index contributed by atoms with van der Waals surface area (Å²) in [7, 11) is 1.71. The Morgan fingerprint density at radius 3 is 3.00 bits per heavy atom. The molecule has 0 aromatic carbocycles. The summed E-state index contributed by atoms with van der Waals surface area (Å²) in [5.74, 6) is 0. The first kappa shape index (κ1) is 8.71. The lowest BCUT2D eigenvalue weighted by molar-refractivity contribution is 1.12.